The molecule has 3 heteroatoms. The zero-order valence-corrected chi connectivity index (χ0v) is 10.3. The minimum absolute atomic E-state index is 0.607. The van der Waals surface area contributed by atoms with E-state index in [-0.39, 0.29) is 0 Å². The molecule has 0 aromatic carbocycles. The zero-order chi connectivity index (χ0) is 9.52. The fraction of sp³-hybridized carbons (Fsp3) is 0.778. The SMILES string of the molecule is C=C1C[P]1(=[Fe])N(C(C)C)C(C)C. The molecule has 0 amide bonds. The van der Waals surface area contributed by atoms with Gasteiger partial charge in [0.05, 0.1) is 0 Å². The number of nitrogens with zero attached hydrogens (tertiary/aromatic N) is 1. The summed E-state index contributed by atoms with van der Waals surface area (Å²) in [6.07, 6.45) is 1.18. The van der Waals surface area contributed by atoms with Crippen LogP contribution in [0, 0.1) is 0 Å². The maximum atomic E-state index is 4.34. The first-order valence-electron chi connectivity index (χ1n) is 4.43. The topological polar surface area (TPSA) is 3.24 Å². The van der Waals surface area contributed by atoms with Gasteiger partial charge in [0.2, 0.25) is 0 Å². The van der Waals surface area contributed by atoms with Gasteiger partial charge in [-0.3, -0.25) is 0 Å². The van der Waals surface area contributed by atoms with Crippen LogP contribution in [0.1, 0.15) is 27.7 Å². The molecule has 0 bridgehead atoms. The predicted molar refractivity (Wildman–Crippen MR) is 53.0 cm³/mol. The van der Waals surface area contributed by atoms with Crippen LogP contribution in [0.5, 0.6) is 0 Å². The fourth-order valence-electron chi connectivity index (χ4n) is 1.76. The molecule has 1 unspecified atom stereocenters. The van der Waals surface area contributed by atoms with Crippen LogP contribution in [0.4, 0.5) is 0 Å². The molecule has 1 saturated heterocycles. The third kappa shape index (κ3) is 1.77. The Morgan fingerprint density at radius 2 is 1.67 bits per heavy atom. The zero-order valence-electron chi connectivity index (χ0n) is 8.32. The van der Waals surface area contributed by atoms with E-state index >= 15 is 0 Å². The molecular weight excluding hydrogens is 209 g/mol. The van der Waals surface area contributed by atoms with E-state index in [0.717, 1.165) is 0 Å². The first-order valence-corrected chi connectivity index (χ1v) is 7.71. The second-order valence-electron chi connectivity index (χ2n) is 3.95. The van der Waals surface area contributed by atoms with Crippen molar-refractivity contribution >= 4 is 5.66 Å². The van der Waals surface area contributed by atoms with Crippen LogP contribution in [0.2, 0.25) is 0 Å². The normalized spacial score (nSPS) is 29.2. The van der Waals surface area contributed by atoms with Crippen molar-refractivity contribution in [3.05, 3.63) is 11.9 Å². The van der Waals surface area contributed by atoms with E-state index in [4.69, 9.17) is 0 Å². The number of rotatable bonds is 3. The Labute approximate surface area is 83.5 Å². The molecule has 1 nitrogen and oxygen atoms in total. The molecule has 1 aliphatic heterocycles. The molecule has 0 N–H and O–H groups in total. The Bertz CT molecular complexity index is 237. The second-order valence-corrected chi connectivity index (χ2v) is 9.14. The van der Waals surface area contributed by atoms with Gasteiger partial charge in [-0.05, 0) is 0 Å². The summed E-state index contributed by atoms with van der Waals surface area (Å²) in [6.45, 7) is 13.0. The molecule has 0 spiro atoms. The van der Waals surface area contributed by atoms with E-state index in [9.17, 15) is 0 Å². The first-order chi connectivity index (χ1) is 5.39. The molecule has 0 saturated carbocycles. The molecule has 1 rings (SSSR count). The average molecular weight is 227 g/mol. The Balaban J connectivity index is 2.82. The summed E-state index contributed by atoms with van der Waals surface area (Å²) in [7, 11) is 0. The monoisotopic (exact) mass is 227 g/mol. The Morgan fingerprint density at radius 1 is 1.33 bits per heavy atom. The third-order valence-electron chi connectivity index (χ3n) is 2.18. The van der Waals surface area contributed by atoms with E-state index in [1.165, 1.54) is 11.5 Å². The van der Waals surface area contributed by atoms with Crippen LogP contribution in [-0.4, -0.2) is 22.9 Å². The summed E-state index contributed by atoms with van der Waals surface area (Å²) in [6, 6.07) is 1.21. The summed E-state index contributed by atoms with van der Waals surface area (Å²) < 4.78 is 2.55. The number of hydrogen-bond acceptors (Lipinski definition) is 1. The van der Waals surface area contributed by atoms with Gasteiger partial charge in [0.25, 0.3) is 0 Å². The van der Waals surface area contributed by atoms with Gasteiger partial charge in [-0.1, -0.05) is 0 Å². The van der Waals surface area contributed by atoms with Crippen LogP contribution in [0.15, 0.2) is 11.9 Å². The summed E-state index contributed by atoms with van der Waals surface area (Å²) in [5, 5.41) is 1.39. The molecular formula is C9H18FeNP. The van der Waals surface area contributed by atoms with E-state index < -0.39 is 5.66 Å². The van der Waals surface area contributed by atoms with Gasteiger partial charge in [-0.25, -0.2) is 0 Å². The van der Waals surface area contributed by atoms with Gasteiger partial charge < -0.3 is 0 Å². The van der Waals surface area contributed by atoms with Crippen molar-refractivity contribution in [1.82, 2.24) is 4.67 Å². The second kappa shape index (κ2) is 3.42. The van der Waals surface area contributed by atoms with E-state index in [1.54, 1.807) is 0 Å². The molecule has 0 aromatic rings. The Kier molecular flexibility index (Phi) is 3.06. The van der Waals surface area contributed by atoms with Crippen molar-refractivity contribution < 1.29 is 15.1 Å². The standard InChI is InChI=1S/C9H18NP.Fe/c1-7(2)10(8(3)4)11-6-9(11)5;/h7-8H,5-6H2,1-4H3;. The van der Waals surface area contributed by atoms with Crippen molar-refractivity contribution in [2.75, 3.05) is 6.16 Å². The van der Waals surface area contributed by atoms with E-state index in [2.05, 4.69) is 54.0 Å². The fourth-order valence-corrected chi connectivity index (χ4v) is 7.04. The van der Waals surface area contributed by atoms with E-state index in [0.29, 0.717) is 12.1 Å². The minimum atomic E-state index is -1.09. The van der Waals surface area contributed by atoms with Gasteiger partial charge in [-0.15, -0.1) is 0 Å². The van der Waals surface area contributed by atoms with Gasteiger partial charge >= 0.3 is 83.3 Å². The molecule has 1 atom stereocenters. The Hall–Kier alpha value is 0.649. The van der Waals surface area contributed by atoms with E-state index in [1.807, 2.05) is 0 Å². The molecule has 1 heterocycles. The number of hydrogen-bond donors (Lipinski definition) is 0. The molecule has 0 aromatic heterocycles. The summed E-state index contributed by atoms with van der Waals surface area (Å²) in [5.41, 5.74) is -1.09. The van der Waals surface area contributed by atoms with Crippen molar-refractivity contribution in [3.8, 4) is 0 Å². The van der Waals surface area contributed by atoms with Gasteiger partial charge in [0.1, 0.15) is 0 Å². The predicted octanol–water partition coefficient (Wildman–Crippen LogP) is 3.03. The molecule has 1 aliphatic rings. The van der Waals surface area contributed by atoms with Gasteiger partial charge in [-0.2, -0.15) is 0 Å². The van der Waals surface area contributed by atoms with Crippen LogP contribution >= 0.6 is 5.66 Å². The van der Waals surface area contributed by atoms with Crippen molar-refractivity contribution in [2.24, 2.45) is 0 Å². The van der Waals surface area contributed by atoms with Crippen LogP contribution in [-0.2, 0) is 15.1 Å². The average Bonchev–Trinajstić information content (AvgIpc) is 2.37. The molecule has 72 valence electrons. The Morgan fingerprint density at radius 3 is 1.75 bits per heavy atom. The molecule has 12 heavy (non-hydrogen) atoms. The van der Waals surface area contributed by atoms with Gasteiger partial charge in [0.15, 0.2) is 0 Å². The molecule has 1 fully saturated rings. The third-order valence-corrected chi connectivity index (χ3v) is 7.68. The van der Waals surface area contributed by atoms with Gasteiger partial charge in [0, 0.05) is 0 Å². The quantitative estimate of drug-likeness (QED) is 0.529. The van der Waals surface area contributed by atoms with Crippen molar-refractivity contribution in [1.29, 1.82) is 0 Å². The summed E-state index contributed by atoms with van der Waals surface area (Å²) >= 11 is 4.34. The first kappa shape index (κ1) is 10.7. The molecule has 0 radical (unpaired) electrons. The number of allylic oxidation sites excluding steroid dienone is 1. The maximum absolute atomic E-state index is 4.34. The van der Waals surface area contributed by atoms with Crippen molar-refractivity contribution in [3.63, 3.8) is 0 Å². The van der Waals surface area contributed by atoms with Crippen LogP contribution in [0.3, 0.4) is 0 Å². The van der Waals surface area contributed by atoms with Crippen molar-refractivity contribution in [2.45, 2.75) is 39.8 Å². The molecule has 0 aliphatic carbocycles. The summed E-state index contributed by atoms with van der Waals surface area (Å²) in [4.78, 5) is 0. The summed E-state index contributed by atoms with van der Waals surface area (Å²) in [5.74, 6) is 0. The van der Waals surface area contributed by atoms with Crippen LogP contribution < -0.4 is 0 Å². The van der Waals surface area contributed by atoms with Crippen LogP contribution in [0.25, 0.3) is 0 Å².